The van der Waals surface area contributed by atoms with Gasteiger partial charge in [0.1, 0.15) is 22.8 Å². The van der Waals surface area contributed by atoms with Crippen molar-refractivity contribution in [2.45, 2.75) is 6.42 Å². The Hall–Kier alpha value is -3.32. The number of hydrogen-bond donors (Lipinski definition) is 1. The van der Waals surface area contributed by atoms with Crippen LogP contribution in [0.15, 0.2) is 67.0 Å². The molecule has 0 aliphatic rings. The molecule has 4 aromatic rings. The van der Waals surface area contributed by atoms with E-state index in [9.17, 15) is 9.18 Å². The number of benzene rings is 2. The molecule has 7 heteroatoms. The van der Waals surface area contributed by atoms with Gasteiger partial charge in [-0.05, 0) is 23.8 Å². The lowest BCUT2D eigenvalue weighted by Gasteiger charge is -2.18. The fraction of sp³-hybridized carbons (Fsp3) is 0.136. The number of nitrogens with zero attached hydrogens (tertiary/aromatic N) is 3. The molecule has 0 radical (unpaired) electrons. The van der Waals surface area contributed by atoms with Gasteiger partial charge in [-0.15, -0.1) is 11.3 Å². The van der Waals surface area contributed by atoms with E-state index >= 15 is 0 Å². The lowest BCUT2D eigenvalue weighted by Crippen LogP contribution is -2.25. The second-order valence-electron chi connectivity index (χ2n) is 6.59. The largest absolute Gasteiger partial charge is 0.359 e. The van der Waals surface area contributed by atoms with Gasteiger partial charge in [0, 0.05) is 24.9 Å². The van der Waals surface area contributed by atoms with Crippen molar-refractivity contribution in [3.8, 4) is 10.4 Å². The van der Waals surface area contributed by atoms with Crippen LogP contribution in [0.4, 0.5) is 15.9 Å². The molecule has 4 rings (SSSR count). The average Bonchev–Trinajstić information content (AvgIpc) is 3.19. The van der Waals surface area contributed by atoms with Crippen molar-refractivity contribution in [1.82, 2.24) is 9.97 Å². The van der Waals surface area contributed by atoms with E-state index in [0.29, 0.717) is 6.54 Å². The summed E-state index contributed by atoms with van der Waals surface area (Å²) in [6, 6.07) is 18.3. The Balaban J connectivity index is 1.48. The molecule has 0 atom stereocenters. The lowest BCUT2D eigenvalue weighted by molar-refractivity contribution is -0.116. The number of carbonyl (C=O) groups excluding carboxylic acids is 1. The van der Waals surface area contributed by atoms with Gasteiger partial charge in [-0.3, -0.25) is 4.79 Å². The summed E-state index contributed by atoms with van der Waals surface area (Å²) in [6.45, 7) is 0.447. The second-order valence-corrected chi connectivity index (χ2v) is 7.62. The van der Waals surface area contributed by atoms with Crippen LogP contribution in [0.2, 0.25) is 0 Å². The van der Waals surface area contributed by atoms with E-state index < -0.39 is 5.82 Å². The van der Waals surface area contributed by atoms with E-state index in [0.717, 1.165) is 26.5 Å². The molecule has 0 spiro atoms. The average molecular weight is 406 g/mol. The van der Waals surface area contributed by atoms with Crippen LogP contribution >= 0.6 is 11.3 Å². The van der Waals surface area contributed by atoms with Crippen LogP contribution in [-0.2, 0) is 4.79 Å². The minimum absolute atomic E-state index is 0.190. The Morgan fingerprint density at radius 3 is 2.66 bits per heavy atom. The van der Waals surface area contributed by atoms with Gasteiger partial charge >= 0.3 is 0 Å². The predicted octanol–water partition coefficient (Wildman–Crippen LogP) is 4.96. The van der Waals surface area contributed by atoms with Crippen LogP contribution in [0, 0.1) is 5.82 Å². The number of aromatic nitrogens is 2. The van der Waals surface area contributed by atoms with Crippen molar-refractivity contribution in [3.05, 3.63) is 72.8 Å². The fourth-order valence-electron chi connectivity index (χ4n) is 3.04. The highest BCUT2D eigenvalue weighted by Gasteiger charge is 2.14. The number of fused-ring (bicyclic) bond motifs is 1. The molecule has 0 bridgehead atoms. The zero-order valence-corrected chi connectivity index (χ0v) is 16.6. The van der Waals surface area contributed by atoms with E-state index in [-0.39, 0.29) is 18.0 Å². The molecule has 146 valence electrons. The van der Waals surface area contributed by atoms with Gasteiger partial charge < -0.3 is 10.2 Å². The molecule has 0 unspecified atom stereocenters. The third-order valence-electron chi connectivity index (χ3n) is 4.55. The van der Waals surface area contributed by atoms with Gasteiger partial charge in [-0.1, -0.05) is 42.5 Å². The standard InChI is InChI=1S/C22H19FN4OS/c1-27(12-11-20(28)26-18-10-6-5-9-17(18)23)21-16-13-19(15-7-3-2-4-8-15)29-22(16)25-14-24-21/h2-10,13-14H,11-12H2,1H3,(H,26,28). The summed E-state index contributed by atoms with van der Waals surface area (Å²) in [5.74, 6) is 0.0769. The first-order chi connectivity index (χ1) is 14.1. The summed E-state index contributed by atoms with van der Waals surface area (Å²) < 4.78 is 13.7. The maximum Gasteiger partial charge on any atom is 0.226 e. The maximum absolute atomic E-state index is 13.7. The fourth-order valence-corrected chi connectivity index (χ4v) is 4.04. The topological polar surface area (TPSA) is 58.1 Å². The van der Waals surface area contributed by atoms with E-state index in [4.69, 9.17) is 0 Å². The Kier molecular flexibility index (Phi) is 5.48. The van der Waals surface area contributed by atoms with Crippen molar-refractivity contribution < 1.29 is 9.18 Å². The number of amides is 1. The Labute approximate surface area is 171 Å². The Bertz CT molecular complexity index is 1150. The number of thiophene rings is 1. The Morgan fingerprint density at radius 2 is 1.86 bits per heavy atom. The first-order valence-corrected chi connectivity index (χ1v) is 9.99. The zero-order valence-electron chi connectivity index (χ0n) is 15.8. The molecular formula is C22H19FN4OS. The number of rotatable bonds is 6. The molecule has 1 amide bonds. The minimum atomic E-state index is -0.446. The van der Waals surface area contributed by atoms with Crippen molar-refractivity contribution in [1.29, 1.82) is 0 Å². The highest BCUT2D eigenvalue weighted by Crippen LogP contribution is 2.35. The summed E-state index contributed by atoms with van der Waals surface area (Å²) in [5, 5.41) is 3.56. The van der Waals surface area contributed by atoms with E-state index in [1.54, 1.807) is 35.9 Å². The number of nitrogens with one attached hydrogen (secondary N) is 1. The van der Waals surface area contributed by atoms with Gasteiger partial charge in [0.05, 0.1) is 11.1 Å². The number of halogens is 1. The molecule has 0 fully saturated rings. The van der Waals surface area contributed by atoms with Crippen LogP contribution in [0.3, 0.4) is 0 Å². The zero-order chi connectivity index (χ0) is 20.2. The molecule has 0 saturated heterocycles. The Morgan fingerprint density at radius 1 is 1.10 bits per heavy atom. The van der Waals surface area contributed by atoms with Crippen molar-refractivity contribution in [2.24, 2.45) is 0 Å². The lowest BCUT2D eigenvalue weighted by atomic mass is 10.2. The third kappa shape index (κ3) is 4.25. The first-order valence-electron chi connectivity index (χ1n) is 9.17. The summed E-state index contributed by atoms with van der Waals surface area (Å²) in [7, 11) is 1.89. The third-order valence-corrected chi connectivity index (χ3v) is 5.64. The van der Waals surface area contributed by atoms with Crippen LogP contribution < -0.4 is 10.2 Å². The van der Waals surface area contributed by atoms with E-state index in [1.165, 1.54) is 6.07 Å². The summed E-state index contributed by atoms with van der Waals surface area (Å²) in [6.07, 6.45) is 1.75. The minimum Gasteiger partial charge on any atom is -0.359 e. The molecule has 0 saturated carbocycles. The second kappa shape index (κ2) is 8.36. The smallest absolute Gasteiger partial charge is 0.226 e. The number of anilines is 2. The van der Waals surface area contributed by atoms with Crippen molar-refractivity contribution in [3.63, 3.8) is 0 Å². The van der Waals surface area contributed by atoms with Crippen LogP contribution in [-0.4, -0.2) is 29.5 Å². The molecular weight excluding hydrogens is 387 g/mol. The highest BCUT2D eigenvalue weighted by molar-refractivity contribution is 7.21. The van der Waals surface area contributed by atoms with Crippen molar-refractivity contribution >= 4 is 39.0 Å². The number of hydrogen-bond acceptors (Lipinski definition) is 5. The monoisotopic (exact) mass is 406 g/mol. The van der Waals surface area contributed by atoms with Gasteiger partial charge in [-0.25, -0.2) is 14.4 Å². The van der Waals surface area contributed by atoms with Gasteiger partial charge in [0.2, 0.25) is 5.91 Å². The number of para-hydroxylation sites is 1. The van der Waals surface area contributed by atoms with E-state index in [2.05, 4.69) is 33.5 Å². The van der Waals surface area contributed by atoms with Gasteiger partial charge in [0.25, 0.3) is 0 Å². The highest BCUT2D eigenvalue weighted by atomic mass is 32.1. The predicted molar refractivity (Wildman–Crippen MR) is 116 cm³/mol. The van der Waals surface area contributed by atoms with Crippen molar-refractivity contribution in [2.75, 3.05) is 23.8 Å². The molecule has 29 heavy (non-hydrogen) atoms. The van der Waals surface area contributed by atoms with Crippen LogP contribution in [0.1, 0.15) is 6.42 Å². The molecule has 2 aromatic carbocycles. The van der Waals surface area contributed by atoms with Crippen LogP contribution in [0.5, 0.6) is 0 Å². The van der Waals surface area contributed by atoms with Gasteiger partial charge in [0.15, 0.2) is 0 Å². The molecule has 5 nitrogen and oxygen atoms in total. The van der Waals surface area contributed by atoms with Crippen LogP contribution in [0.25, 0.3) is 20.7 Å². The SMILES string of the molecule is CN(CCC(=O)Nc1ccccc1F)c1ncnc2sc(-c3ccccc3)cc12. The van der Waals surface area contributed by atoms with Gasteiger partial charge in [-0.2, -0.15) is 0 Å². The quantitative estimate of drug-likeness (QED) is 0.492. The summed E-state index contributed by atoms with van der Waals surface area (Å²) in [5.41, 5.74) is 1.32. The molecule has 1 N–H and O–H groups in total. The summed E-state index contributed by atoms with van der Waals surface area (Å²) in [4.78, 5) is 25.0. The molecule has 2 aromatic heterocycles. The first kappa shape index (κ1) is 19.0. The molecule has 2 heterocycles. The molecule has 0 aliphatic heterocycles. The number of carbonyl (C=O) groups is 1. The van der Waals surface area contributed by atoms with E-state index in [1.807, 2.05) is 30.1 Å². The maximum atomic E-state index is 13.7. The normalized spacial score (nSPS) is 10.8. The summed E-state index contributed by atoms with van der Waals surface area (Å²) >= 11 is 1.61. The molecule has 0 aliphatic carbocycles.